The van der Waals surface area contributed by atoms with Gasteiger partial charge in [0, 0.05) is 0 Å². The van der Waals surface area contributed by atoms with Gasteiger partial charge in [-0.15, -0.1) is 0 Å². The lowest BCUT2D eigenvalue weighted by molar-refractivity contribution is -0.0703. The fraction of sp³-hybridized carbons (Fsp3) is 0.273. The van der Waals surface area contributed by atoms with Crippen molar-refractivity contribution >= 4 is 5.57 Å². The van der Waals surface area contributed by atoms with E-state index < -0.39 is 11.7 Å². The van der Waals surface area contributed by atoms with Crippen LogP contribution in [-0.4, -0.2) is 12.8 Å². The van der Waals surface area contributed by atoms with Crippen LogP contribution in [0.1, 0.15) is 12.5 Å². The van der Waals surface area contributed by atoms with Crippen LogP contribution in [0.2, 0.25) is 0 Å². The Morgan fingerprint density at radius 1 is 1.27 bits per heavy atom. The van der Waals surface area contributed by atoms with Gasteiger partial charge in [-0.25, -0.2) is 0 Å². The summed E-state index contributed by atoms with van der Waals surface area (Å²) in [6.07, 6.45) is -3.63. The third-order valence-electron chi connectivity index (χ3n) is 1.76. The molecule has 4 heteroatoms. The second-order valence-corrected chi connectivity index (χ2v) is 2.85. The topological polar surface area (TPSA) is 9.23 Å². The van der Waals surface area contributed by atoms with Gasteiger partial charge in [0.15, 0.2) is 0 Å². The van der Waals surface area contributed by atoms with Crippen molar-refractivity contribution in [1.82, 2.24) is 0 Å². The zero-order valence-electron chi connectivity index (χ0n) is 8.21. The Morgan fingerprint density at radius 2 is 1.87 bits per heavy atom. The van der Waals surface area contributed by atoms with Crippen molar-refractivity contribution in [3.63, 3.8) is 0 Å². The van der Waals surface area contributed by atoms with Crippen molar-refractivity contribution in [2.24, 2.45) is 0 Å². The van der Waals surface area contributed by atoms with E-state index in [1.807, 2.05) is 0 Å². The predicted molar refractivity (Wildman–Crippen MR) is 52.1 cm³/mol. The van der Waals surface area contributed by atoms with Crippen LogP contribution in [0, 0.1) is 0 Å². The van der Waals surface area contributed by atoms with Crippen LogP contribution in [0.15, 0.2) is 36.6 Å². The number of benzene rings is 1. The fourth-order valence-electron chi connectivity index (χ4n) is 1.08. The number of rotatable bonds is 3. The van der Waals surface area contributed by atoms with Crippen LogP contribution in [0.25, 0.3) is 5.57 Å². The Hall–Kier alpha value is -1.45. The van der Waals surface area contributed by atoms with Gasteiger partial charge in [0.05, 0.1) is 18.4 Å². The van der Waals surface area contributed by atoms with Crippen LogP contribution < -0.4 is 0 Å². The molecule has 0 bridgehead atoms. The predicted octanol–water partition coefficient (Wildman–Crippen LogP) is 3.63. The third kappa shape index (κ3) is 3.31. The smallest absolute Gasteiger partial charge is 0.419 e. The molecule has 0 aliphatic rings. The van der Waals surface area contributed by atoms with Gasteiger partial charge in [0.2, 0.25) is 0 Å². The zero-order chi connectivity index (χ0) is 11.3. The quantitative estimate of drug-likeness (QED) is 0.701. The number of hydrogen-bond acceptors (Lipinski definition) is 1. The molecular weight excluding hydrogens is 205 g/mol. The van der Waals surface area contributed by atoms with E-state index in [0.29, 0.717) is 0 Å². The Bertz CT molecular complexity index is 327. The zero-order valence-corrected chi connectivity index (χ0v) is 8.21. The molecule has 0 unspecified atom stereocenters. The molecular formula is C11H11F3O. The highest BCUT2D eigenvalue weighted by Crippen LogP contribution is 2.33. The lowest BCUT2D eigenvalue weighted by Crippen LogP contribution is -2.11. The maximum absolute atomic E-state index is 12.6. The van der Waals surface area contributed by atoms with Gasteiger partial charge in [-0.05, 0) is 12.5 Å². The Kier molecular flexibility index (Phi) is 3.77. The van der Waals surface area contributed by atoms with Crippen LogP contribution in [-0.2, 0) is 4.74 Å². The minimum atomic E-state index is -4.39. The van der Waals surface area contributed by atoms with E-state index in [1.54, 1.807) is 25.1 Å². The van der Waals surface area contributed by atoms with Crippen LogP contribution in [0.5, 0.6) is 0 Å². The van der Waals surface area contributed by atoms with E-state index in [-0.39, 0.29) is 12.2 Å². The lowest BCUT2D eigenvalue weighted by atomic mass is 10.1. The van der Waals surface area contributed by atoms with Gasteiger partial charge in [-0.1, -0.05) is 30.3 Å². The number of allylic oxidation sites excluding steroid dienone is 1. The molecule has 0 radical (unpaired) electrons. The Labute approximate surface area is 86.2 Å². The molecule has 0 saturated carbocycles. The van der Waals surface area contributed by atoms with Gasteiger partial charge in [0.25, 0.3) is 0 Å². The van der Waals surface area contributed by atoms with Gasteiger partial charge in [-0.2, -0.15) is 13.2 Å². The molecule has 0 aliphatic heterocycles. The molecule has 1 aromatic carbocycles. The largest absolute Gasteiger partial charge is 0.501 e. The summed E-state index contributed by atoms with van der Waals surface area (Å²) < 4.78 is 42.4. The van der Waals surface area contributed by atoms with Crippen LogP contribution >= 0.6 is 0 Å². The monoisotopic (exact) mass is 216 g/mol. The van der Waals surface area contributed by atoms with Crippen LogP contribution in [0.3, 0.4) is 0 Å². The Morgan fingerprint density at radius 3 is 2.33 bits per heavy atom. The van der Waals surface area contributed by atoms with E-state index in [0.717, 1.165) is 6.26 Å². The second-order valence-electron chi connectivity index (χ2n) is 2.85. The summed E-state index contributed by atoms with van der Waals surface area (Å²) in [5.41, 5.74) is -0.650. The van der Waals surface area contributed by atoms with Gasteiger partial charge in [-0.3, -0.25) is 0 Å². The standard InChI is InChI=1S/C11H11F3O/c1-2-15-8-10(11(12,13)14)9-6-4-3-5-7-9/h3-8H,2H2,1H3/b10-8+. The molecule has 82 valence electrons. The van der Waals surface area contributed by atoms with E-state index >= 15 is 0 Å². The first-order valence-corrected chi connectivity index (χ1v) is 4.50. The van der Waals surface area contributed by atoms with Crippen LogP contribution in [0.4, 0.5) is 13.2 Å². The number of hydrogen-bond donors (Lipinski definition) is 0. The molecule has 0 N–H and O–H groups in total. The molecule has 0 fully saturated rings. The number of alkyl halides is 3. The summed E-state index contributed by atoms with van der Waals surface area (Å²) in [6, 6.07) is 7.58. The lowest BCUT2D eigenvalue weighted by Gasteiger charge is -2.11. The minimum Gasteiger partial charge on any atom is -0.501 e. The molecule has 0 aliphatic carbocycles. The summed E-state index contributed by atoms with van der Waals surface area (Å²) >= 11 is 0. The molecule has 1 nitrogen and oxygen atoms in total. The number of halogens is 3. The summed E-state index contributed by atoms with van der Waals surface area (Å²) in [5.74, 6) is 0. The molecule has 1 aromatic rings. The highest BCUT2D eigenvalue weighted by molar-refractivity contribution is 5.68. The number of ether oxygens (including phenoxy) is 1. The summed E-state index contributed by atoms with van der Waals surface area (Å²) in [6.45, 7) is 1.85. The summed E-state index contributed by atoms with van der Waals surface area (Å²) in [4.78, 5) is 0. The fourth-order valence-corrected chi connectivity index (χ4v) is 1.08. The molecule has 0 heterocycles. The second kappa shape index (κ2) is 4.87. The molecule has 0 amide bonds. The van der Waals surface area contributed by atoms with Gasteiger partial charge < -0.3 is 4.74 Å². The third-order valence-corrected chi connectivity index (χ3v) is 1.76. The molecule has 15 heavy (non-hydrogen) atoms. The van der Waals surface area contributed by atoms with E-state index in [2.05, 4.69) is 0 Å². The summed E-state index contributed by atoms with van der Waals surface area (Å²) in [7, 11) is 0. The van der Waals surface area contributed by atoms with E-state index in [4.69, 9.17) is 4.74 Å². The normalized spacial score (nSPS) is 12.7. The molecule has 0 saturated heterocycles. The van der Waals surface area contributed by atoms with E-state index in [9.17, 15) is 13.2 Å². The molecule has 0 spiro atoms. The first kappa shape index (κ1) is 11.6. The molecule has 1 rings (SSSR count). The molecule has 0 aromatic heterocycles. The first-order valence-electron chi connectivity index (χ1n) is 4.50. The van der Waals surface area contributed by atoms with Crippen molar-refractivity contribution in [1.29, 1.82) is 0 Å². The van der Waals surface area contributed by atoms with Crippen molar-refractivity contribution in [2.75, 3.05) is 6.61 Å². The van der Waals surface area contributed by atoms with Gasteiger partial charge in [0.1, 0.15) is 0 Å². The summed E-state index contributed by atoms with van der Waals surface area (Å²) in [5, 5.41) is 0. The highest BCUT2D eigenvalue weighted by Gasteiger charge is 2.35. The van der Waals surface area contributed by atoms with Crippen molar-refractivity contribution in [2.45, 2.75) is 13.1 Å². The first-order chi connectivity index (χ1) is 7.05. The molecule has 0 atom stereocenters. The highest BCUT2D eigenvalue weighted by atomic mass is 19.4. The van der Waals surface area contributed by atoms with E-state index in [1.165, 1.54) is 12.1 Å². The van der Waals surface area contributed by atoms with Crippen molar-refractivity contribution in [3.8, 4) is 0 Å². The average Bonchev–Trinajstić information content (AvgIpc) is 2.18. The Balaban J connectivity index is 3.03. The maximum Gasteiger partial charge on any atom is 0.419 e. The maximum atomic E-state index is 12.6. The van der Waals surface area contributed by atoms with Gasteiger partial charge >= 0.3 is 6.18 Å². The SMILES string of the molecule is CCO/C=C(\c1ccccc1)C(F)(F)F. The van der Waals surface area contributed by atoms with Crippen molar-refractivity contribution in [3.05, 3.63) is 42.2 Å². The average molecular weight is 216 g/mol. The minimum absolute atomic E-state index is 0.110. The van der Waals surface area contributed by atoms with Crippen molar-refractivity contribution < 1.29 is 17.9 Å².